The van der Waals surface area contributed by atoms with E-state index in [4.69, 9.17) is 27.9 Å². The van der Waals surface area contributed by atoms with E-state index in [-0.39, 0.29) is 5.91 Å². The molecule has 0 radical (unpaired) electrons. The molecule has 0 saturated carbocycles. The largest absolute Gasteiger partial charge is 0.496 e. The zero-order valence-electron chi connectivity index (χ0n) is 16.4. The first kappa shape index (κ1) is 21.5. The van der Waals surface area contributed by atoms with Gasteiger partial charge in [-0.3, -0.25) is 9.69 Å². The van der Waals surface area contributed by atoms with Crippen LogP contribution in [0.4, 0.5) is 5.69 Å². The smallest absolute Gasteiger partial charge is 0.255 e. The molecule has 7 heteroatoms. The topological polar surface area (TPSA) is 44.8 Å². The van der Waals surface area contributed by atoms with Crippen LogP contribution < -0.4 is 15.0 Å². The third-order valence-electron chi connectivity index (χ3n) is 4.91. The van der Waals surface area contributed by atoms with E-state index < -0.39 is 0 Å². The summed E-state index contributed by atoms with van der Waals surface area (Å²) in [6.45, 7) is 5.02. The van der Waals surface area contributed by atoms with Gasteiger partial charge in [-0.15, -0.1) is 0 Å². The van der Waals surface area contributed by atoms with Crippen molar-refractivity contribution in [3.8, 4) is 5.75 Å². The maximum atomic E-state index is 12.3. The number of ether oxygens (including phenoxy) is 1. The van der Waals surface area contributed by atoms with Crippen molar-refractivity contribution < 1.29 is 9.53 Å². The second-order valence-electron chi connectivity index (χ2n) is 6.74. The fourth-order valence-corrected chi connectivity index (χ4v) is 3.71. The molecule has 0 unspecified atom stereocenters. The van der Waals surface area contributed by atoms with Crippen LogP contribution in [0.25, 0.3) is 0 Å². The van der Waals surface area contributed by atoms with Gasteiger partial charge in [-0.1, -0.05) is 53.6 Å². The maximum absolute atomic E-state index is 12.3. The quantitative estimate of drug-likeness (QED) is 0.667. The van der Waals surface area contributed by atoms with Gasteiger partial charge >= 0.3 is 0 Å². The number of rotatable bonds is 7. The molecule has 1 amide bonds. The van der Waals surface area contributed by atoms with E-state index in [0.717, 1.165) is 38.4 Å². The Balaban J connectivity index is 1.41. The van der Waals surface area contributed by atoms with Gasteiger partial charge in [0.2, 0.25) is 0 Å². The zero-order valence-corrected chi connectivity index (χ0v) is 17.9. The fraction of sp³-hybridized carbons (Fsp3) is 0.318. The van der Waals surface area contributed by atoms with E-state index in [1.807, 2.05) is 30.3 Å². The third-order valence-corrected chi connectivity index (χ3v) is 5.72. The second kappa shape index (κ2) is 10.5. The lowest BCUT2D eigenvalue weighted by Crippen LogP contribution is -2.46. The summed E-state index contributed by atoms with van der Waals surface area (Å²) in [5.74, 6) is 0.436. The highest BCUT2D eigenvalue weighted by molar-refractivity contribution is 6.43. The standard InChI is InChI=1S/C22H25Cl2N3O2/c1-29-20-10-3-2-7-17(20)22(28)25-11-4-5-12-26-13-15-27(16-14-26)19-9-6-8-18(23)21(19)24/h2-10H,11-16H2,1H3,(H,25,28)/b5-4+. The first-order chi connectivity index (χ1) is 14.1. The number of carbonyl (C=O) groups excluding carboxylic acids is 1. The van der Waals surface area contributed by atoms with Gasteiger partial charge in [0.15, 0.2) is 0 Å². The predicted molar refractivity (Wildman–Crippen MR) is 120 cm³/mol. The van der Waals surface area contributed by atoms with Crippen LogP contribution in [0.3, 0.4) is 0 Å². The van der Waals surface area contributed by atoms with Crippen molar-refractivity contribution in [1.82, 2.24) is 10.2 Å². The lowest BCUT2D eigenvalue weighted by molar-refractivity contribution is 0.0955. The second-order valence-corrected chi connectivity index (χ2v) is 7.53. The molecule has 1 aliphatic rings. The van der Waals surface area contributed by atoms with Crippen LogP contribution in [0.2, 0.25) is 10.0 Å². The molecule has 154 valence electrons. The minimum Gasteiger partial charge on any atom is -0.496 e. The Morgan fingerprint density at radius 1 is 1.07 bits per heavy atom. The van der Waals surface area contributed by atoms with Crippen LogP contribution in [0, 0.1) is 0 Å². The summed E-state index contributed by atoms with van der Waals surface area (Å²) < 4.78 is 5.22. The predicted octanol–water partition coefficient (Wildman–Crippen LogP) is 4.11. The Hall–Kier alpha value is -2.21. The van der Waals surface area contributed by atoms with Crippen molar-refractivity contribution in [3.05, 3.63) is 70.2 Å². The summed E-state index contributed by atoms with van der Waals surface area (Å²) in [6, 6.07) is 12.9. The average molecular weight is 434 g/mol. The van der Waals surface area contributed by atoms with Crippen molar-refractivity contribution in [2.24, 2.45) is 0 Å². The normalized spacial score (nSPS) is 14.9. The molecular formula is C22H25Cl2N3O2. The number of carbonyl (C=O) groups is 1. The number of hydrogen-bond donors (Lipinski definition) is 1. The van der Waals surface area contributed by atoms with Gasteiger partial charge in [0.05, 0.1) is 28.4 Å². The maximum Gasteiger partial charge on any atom is 0.255 e. The number of methoxy groups -OCH3 is 1. The van der Waals surface area contributed by atoms with E-state index >= 15 is 0 Å². The number of nitrogens with zero attached hydrogens (tertiary/aromatic N) is 2. The third kappa shape index (κ3) is 5.66. The van der Waals surface area contributed by atoms with Crippen LogP contribution in [-0.2, 0) is 0 Å². The molecular weight excluding hydrogens is 409 g/mol. The van der Waals surface area contributed by atoms with Crippen molar-refractivity contribution in [2.75, 3.05) is 51.3 Å². The van der Waals surface area contributed by atoms with Gasteiger partial charge in [-0.25, -0.2) is 0 Å². The summed E-state index contributed by atoms with van der Waals surface area (Å²) in [5, 5.41) is 4.10. The summed E-state index contributed by atoms with van der Waals surface area (Å²) in [7, 11) is 1.56. The highest BCUT2D eigenvalue weighted by Crippen LogP contribution is 2.32. The summed E-state index contributed by atoms with van der Waals surface area (Å²) in [6.07, 6.45) is 4.07. The lowest BCUT2D eigenvalue weighted by atomic mass is 10.2. The van der Waals surface area contributed by atoms with Gasteiger partial charge in [0, 0.05) is 39.3 Å². The van der Waals surface area contributed by atoms with E-state index in [0.29, 0.717) is 27.9 Å². The molecule has 0 atom stereocenters. The molecule has 0 aromatic heterocycles. The van der Waals surface area contributed by atoms with Crippen molar-refractivity contribution in [1.29, 1.82) is 0 Å². The molecule has 0 spiro atoms. The molecule has 5 nitrogen and oxygen atoms in total. The number of benzene rings is 2. The van der Waals surface area contributed by atoms with Crippen molar-refractivity contribution >= 4 is 34.8 Å². The average Bonchev–Trinajstić information content (AvgIpc) is 2.76. The Labute approximate surface area is 181 Å². The first-order valence-electron chi connectivity index (χ1n) is 9.57. The summed E-state index contributed by atoms with van der Waals surface area (Å²) in [4.78, 5) is 16.9. The van der Waals surface area contributed by atoms with Gasteiger partial charge in [0.25, 0.3) is 5.91 Å². The molecule has 1 saturated heterocycles. The molecule has 0 bridgehead atoms. The number of piperazine rings is 1. The minimum atomic E-state index is -0.140. The first-order valence-corrected chi connectivity index (χ1v) is 10.3. The highest BCUT2D eigenvalue weighted by Gasteiger charge is 2.19. The number of hydrogen-bond acceptors (Lipinski definition) is 4. The van der Waals surface area contributed by atoms with Crippen molar-refractivity contribution in [2.45, 2.75) is 0 Å². The minimum absolute atomic E-state index is 0.140. The molecule has 2 aromatic carbocycles. The van der Waals surface area contributed by atoms with Crippen LogP contribution in [-0.4, -0.2) is 57.2 Å². The Morgan fingerprint density at radius 3 is 2.59 bits per heavy atom. The number of nitrogens with one attached hydrogen (secondary N) is 1. The molecule has 3 rings (SSSR count). The molecule has 1 fully saturated rings. The molecule has 1 N–H and O–H groups in total. The van der Waals surface area contributed by atoms with Gasteiger partial charge in [-0.05, 0) is 24.3 Å². The van der Waals surface area contributed by atoms with E-state index in [2.05, 4.69) is 21.2 Å². The molecule has 2 aromatic rings. The Morgan fingerprint density at radius 2 is 1.83 bits per heavy atom. The van der Waals surface area contributed by atoms with Crippen molar-refractivity contribution in [3.63, 3.8) is 0 Å². The SMILES string of the molecule is COc1ccccc1C(=O)NC/C=C/CN1CCN(c2cccc(Cl)c2Cl)CC1. The van der Waals surface area contributed by atoms with Crippen LogP contribution in [0.15, 0.2) is 54.6 Å². The Kier molecular flexibility index (Phi) is 7.81. The fourth-order valence-electron chi connectivity index (χ4n) is 3.29. The molecule has 0 aliphatic carbocycles. The summed E-state index contributed by atoms with van der Waals surface area (Å²) >= 11 is 12.5. The highest BCUT2D eigenvalue weighted by atomic mass is 35.5. The number of anilines is 1. The van der Waals surface area contributed by atoms with Gasteiger partial charge in [0.1, 0.15) is 5.75 Å². The van der Waals surface area contributed by atoms with E-state index in [1.165, 1.54) is 0 Å². The van der Waals surface area contributed by atoms with E-state index in [1.54, 1.807) is 25.3 Å². The monoisotopic (exact) mass is 433 g/mol. The van der Waals surface area contributed by atoms with Crippen LogP contribution in [0.1, 0.15) is 10.4 Å². The zero-order chi connectivity index (χ0) is 20.6. The molecule has 1 heterocycles. The van der Waals surface area contributed by atoms with E-state index in [9.17, 15) is 4.79 Å². The molecule has 1 aliphatic heterocycles. The van der Waals surface area contributed by atoms with Gasteiger partial charge < -0.3 is 15.0 Å². The number of halogens is 2. The Bertz CT molecular complexity index is 865. The number of amides is 1. The van der Waals surface area contributed by atoms with Gasteiger partial charge in [-0.2, -0.15) is 0 Å². The molecule has 29 heavy (non-hydrogen) atoms. The lowest BCUT2D eigenvalue weighted by Gasteiger charge is -2.36. The summed E-state index contributed by atoms with van der Waals surface area (Å²) in [5.41, 5.74) is 1.53. The van der Waals surface area contributed by atoms with Crippen LogP contribution >= 0.6 is 23.2 Å². The number of para-hydroxylation sites is 1. The van der Waals surface area contributed by atoms with Crippen LogP contribution in [0.5, 0.6) is 5.75 Å².